The molecule has 2 aromatic carbocycles. The van der Waals surface area contributed by atoms with Crippen LogP contribution < -0.4 is 10.2 Å². The van der Waals surface area contributed by atoms with Gasteiger partial charge in [-0.3, -0.25) is 9.59 Å². The van der Waals surface area contributed by atoms with Gasteiger partial charge in [0.2, 0.25) is 13.7 Å². The van der Waals surface area contributed by atoms with Gasteiger partial charge in [-0.25, -0.2) is 0 Å². The van der Waals surface area contributed by atoms with E-state index in [1.165, 1.54) is 11.3 Å². The summed E-state index contributed by atoms with van der Waals surface area (Å²) in [5.41, 5.74) is -0.0595. The molecule has 0 bridgehead atoms. The molecule has 3 rings (SSSR count). The first-order valence-corrected chi connectivity index (χ1v) is 7.48. The van der Waals surface area contributed by atoms with Crippen molar-refractivity contribution in [1.82, 2.24) is 0 Å². The van der Waals surface area contributed by atoms with Crippen LogP contribution >= 0.6 is 11.3 Å². The normalized spacial score (nSPS) is 10.7. The highest BCUT2D eigenvalue weighted by molar-refractivity contribution is 7.24. The van der Waals surface area contributed by atoms with E-state index in [0.29, 0.717) is 16.5 Å². The molecule has 3 aromatic rings. The number of rotatable bonds is 4. The summed E-state index contributed by atoms with van der Waals surface area (Å²) in [5, 5.41) is 1.22. The molecule has 0 saturated heterocycles. The minimum Gasteiger partial charge on any atom is -0.489 e. The van der Waals surface area contributed by atoms with Crippen molar-refractivity contribution in [3.05, 3.63) is 52.7 Å². The molecule has 0 aliphatic rings. The van der Waals surface area contributed by atoms with E-state index in [1.807, 2.05) is 30.3 Å². The number of hydrogen-bond donors (Lipinski definition) is 0. The molecule has 0 aliphatic heterocycles. The summed E-state index contributed by atoms with van der Waals surface area (Å²) in [6, 6.07) is 12.9. The number of benzene rings is 2. The van der Waals surface area contributed by atoms with E-state index in [-0.39, 0.29) is 18.6 Å². The Bertz CT molecular complexity index is 903. The van der Waals surface area contributed by atoms with E-state index >= 15 is 0 Å². The van der Waals surface area contributed by atoms with Gasteiger partial charge in [0.15, 0.2) is 5.43 Å². The third-order valence-corrected chi connectivity index (χ3v) is 4.29. The maximum Gasteiger partial charge on any atom is 0.235 e. The Labute approximate surface area is 131 Å². The molecule has 0 fully saturated rings. The number of hydrogen-bond acceptors (Lipinski definition) is 5. The van der Waals surface area contributed by atoms with E-state index in [2.05, 4.69) is 4.74 Å². The highest BCUT2D eigenvalue weighted by Crippen LogP contribution is 2.30. The fourth-order valence-corrected chi connectivity index (χ4v) is 3.33. The number of carbonyl (C=O) groups excluding carboxylic acids is 1. The maximum atomic E-state index is 12.7. The van der Waals surface area contributed by atoms with Crippen molar-refractivity contribution in [3.63, 3.8) is 0 Å². The Hall–Kier alpha value is -2.34. The van der Waals surface area contributed by atoms with Crippen LogP contribution in [-0.4, -0.2) is 26.9 Å². The molecule has 0 amide bonds. The van der Waals surface area contributed by atoms with Crippen molar-refractivity contribution in [3.8, 4) is 5.75 Å². The minimum atomic E-state index is -0.848. The summed E-state index contributed by atoms with van der Waals surface area (Å²) < 4.78 is 12.0. The molecule has 0 atom stereocenters. The van der Waals surface area contributed by atoms with Crippen LogP contribution in [0.1, 0.15) is 0 Å². The largest absolute Gasteiger partial charge is 0.489 e. The van der Waals surface area contributed by atoms with Crippen molar-refractivity contribution in [1.29, 1.82) is 0 Å². The van der Waals surface area contributed by atoms with Gasteiger partial charge in [0.25, 0.3) is 0 Å². The van der Waals surface area contributed by atoms with Crippen LogP contribution in [0.4, 0.5) is 4.79 Å². The van der Waals surface area contributed by atoms with Crippen molar-refractivity contribution in [2.24, 2.45) is 0 Å². The van der Waals surface area contributed by atoms with E-state index in [9.17, 15) is 9.59 Å². The molecule has 22 heavy (non-hydrogen) atoms. The van der Waals surface area contributed by atoms with Crippen LogP contribution in [0.25, 0.3) is 20.2 Å². The maximum absolute atomic E-state index is 12.7. The zero-order chi connectivity index (χ0) is 15.5. The second-order valence-electron chi connectivity index (χ2n) is 4.57. The summed E-state index contributed by atoms with van der Waals surface area (Å²) in [5.74, 6) is -0.364. The third kappa shape index (κ3) is 2.83. The van der Waals surface area contributed by atoms with Gasteiger partial charge in [0.05, 0.1) is 5.39 Å². The summed E-state index contributed by atoms with van der Waals surface area (Å²) in [6.07, 6.45) is 0. The van der Waals surface area contributed by atoms with Crippen LogP contribution in [0.2, 0.25) is 0 Å². The van der Waals surface area contributed by atoms with Crippen molar-refractivity contribution >= 4 is 45.2 Å². The first-order chi connectivity index (χ1) is 10.7. The Balaban J connectivity index is 2.02. The van der Waals surface area contributed by atoms with Crippen LogP contribution in [0.3, 0.4) is 0 Å². The van der Waals surface area contributed by atoms with Gasteiger partial charge < -0.3 is 9.47 Å². The van der Waals surface area contributed by atoms with Gasteiger partial charge in [-0.05, 0) is 24.3 Å². The average Bonchev–Trinajstić information content (AvgIpc) is 2.51. The zero-order valence-corrected chi connectivity index (χ0v) is 12.4. The van der Waals surface area contributed by atoms with Gasteiger partial charge in [-0.15, -0.1) is 11.3 Å². The molecule has 0 aliphatic carbocycles. The SMILES string of the molecule is [B]C(=O)OCCOc1cccc2sc3ccccc3c(=O)c12. The average molecular weight is 310 g/mol. The number of fused-ring (bicyclic) bond motifs is 2. The summed E-state index contributed by atoms with van der Waals surface area (Å²) in [6.45, 7) is 0.176. The lowest BCUT2D eigenvalue weighted by atomic mass is 10.1. The summed E-state index contributed by atoms with van der Waals surface area (Å²) >= 11 is 1.54. The second-order valence-corrected chi connectivity index (χ2v) is 5.66. The Morgan fingerprint density at radius 2 is 1.82 bits per heavy atom. The van der Waals surface area contributed by atoms with Crippen LogP contribution in [0, 0.1) is 0 Å². The smallest absolute Gasteiger partial charge is 0.235 e. The molecule has 1 aromatic heterocycles. The van der Waals surface area contributed by atoms with Gasteiger partial charge in [0, 0.05) is 14.8 Å². The first kappa shape index (κ1) is 14.6. The molecular formula is C16H11BO4S. The standard InChI is InChI=1S/C16H11BO4S/c17-16(19)21-9-8-20-11-5-3-7-13-14(11)15(18)10-4-1-2-6-12(10)22-13/h1-7H,8-9H2. The lowest BCUT2D eigenvalue weighted by Gasteiger charge is -2.09. The second kappa shape index (κ2) is 6.19. The molecule has 0 spiro atoms. The summed E-state index contributed by atoms with van der Waals surface area (Å²) in [4.78, 5) is 23.2. The molecule has 0 unspecified atom stereocenters. The highest BCUT2D eigenvalue weighted by Gasteiger charge is 2.10. The zero-order valence-electron chi connectivity index (χ0n) is 11.6. The first-order valence-electron chi connectivity index (χ1n) is 6.66. The predicted octanol–water partition coefficient (Wildman–Crippen LogP) is 3.10. The van der Waals surface area contributed by atoms with Crippen LogP contribution in [0.15, 0.2) is 47.3 Å². The monoisotopic (exact) mass is 310 g/mol. The highest BCUT2D eigenvalue weighted by atomic mass is 32.1. The number of carbonyl (C=O) groups is 1. The summed E-state index contributed by atoms with van der Waals surface area (Å²) in [7, 11) is 4.88. The van der Waals surface area contributed by atoms with E-state index in [4.69, 9.17) is 12.6 Å². The molecule has 4 nitrogen and oxygen atoms in total. The van der Waals surface area contributed by atoms with Crippen LogP contribution in [0.5, 0.6) is 5.75 Å². The Morgan fingerprint density at radius 3 is 2.64 bits per heavy atom. The molecular weight excluding hydrogens is 299 g/mol. The quantitative estimate of drug-likeness (QED) is 0.422. The Kier molecular flexibility index (Phi) is 4.11. The molecule has 0 saturated carbocycles. The lowest BCUT2D eigenvalue weighted by Crippen LogP contribution is -2.12. The lowest BCUT2D eigenvalue weighted by molar-refractivity contribution is 0.148. The van der Waals surface area contributed by atoms with Crippen molar-refractivity contribution in [2.45, 2.75) is 0 Å². The topological polar surface area (TPSA) is 52.6 Å². The van der Waals surface area contributed by atoms with E-state index in [0.717, 1.165) is 9.40 Å². The van der Waals surface area contributed by atoms with Gasteiger partial charge in [-0.1, -0.05) is 18.2 Å². The fraction of sp³-hybridized carbons (Fsp3) is 0.125. The van der Waals surface area contributed by atoms with E-state index in [1.54, 1.807) is 12.1 Å². The number of ether oxygens (including phenoxy) is 2. The van der Waals surface area contributed by atoms with Crippen molar-refractivity contribution in [2.75, 3.05) is 13.2 Å². The minimum absolute atomic E-state index is 0.0386. The van der Waals surface area contributed by atoms with Crippen LogP contribution in [-0.2, 0) is 4.74 Å². The van der Waals surface area contributed by atoms with Gasteiger partial charge in [0.1, 0.15) is 19.0 Å². The van der Waals surface area contributed by atoms with Gasteiger partial charge >= 0.3 is 0 Å². The molecule has 2 radical (unpaired) electrons. The molecule has 6 heteroatoms. The van der Waals surface area contributed by atoms with E-state index < -0.39 is 5.87 Å². The predicted molar refractivity (Wildman–Crippen MR) is 88.2 cm³/mol. The molecule has 0 N–H and O–H groups in total. The fourth-order valence-electron chi connectivity index (χ4n) is 2.23. The van der Waals surface area contributed by atoms with Gasteiger partial charge in [-0.2, -0.15) is 0 Å². The Morgan fingerprint density at radius 1 is 1.05 bits per heavy atom. The van der Waals surface area contributed by atoms with Crippen molar-refractivity contribution < 1.29 is 14.3 Å². The molecule has 1 heterocycles. The molecule has 108 valence electrons. The third-order valence-electron chi connectivity index (χ3n) is 3.15.